The minimum Gasteiger partial charge on any atom is -0.490 e. The third-order valence-corrected chi connectivity index (χ3v) is 4.08. The summed E-state index contributed by atoms with van der Waals surface area (Å²) in [5.74, 6) is 0.345. The lowest BCUT2D eigenvalue weighted by atomic mass is 9.98. The van der Waals surface area contributed by atoms with Gasteiger partial charge in [-0.25, -0.2) is 4.79 Å². The zero-order valence-corrected chi connectivity index (χ0v) is 14.6. The number of nitrogens with zero attached hydrogens (tertiary/aromatic N) is 1. The van der Waals surface area contributed by atoms with E-state index in [4.69, 9.17) is 9.47 Å². The Bertz CT molecular complexity index is 927. The van der Waals surface area contributed by atoms with Gasteiger partial charge in [0.05, 0.1) is 24.3 Å². The molecular formula is C20H21NO4. The number of hydrogen-bond acceptors (Lipinski definition) is 3. The van der Waals surface area contributed by atoms with E-state index in [1.807, 2.05) is 61.8 Å². The second-order valence-corrected chi connectivity index (χ2v) is 5.70. The van der Waals surface area contributed by atoms with Gasteiger partial charge < -0.3 is 19.0 Å². The molecule has 1 aromatic carbocycles. The van der Waals surface area contributed by atoms with E-state index >= 15 is 0 Å². The molecular weight excluding hydrogens is 318 g/mol. The molecule has 0 spiro atoms. The molecule has 0 atom stereocenters. The Kier molecular flexibility index (Phi) is 4.65. The molecule has 2 heterocycles. The van der Waals surface area contributed by atoms with Crippen molar-refractivity contribution in [1.82, 2.24) is 4.40 Å². The molecule has 5 heteroatoms. The van der Waals surface area contributed by atoms with Gasteiger partial charge in [-0.3, -0.25) is 0 Å². The van der Waals surface area contributed by atoms with Gasteiger partial charge in [0.25, 0.3) is 0 Å². The maximum Gasteiger partial charge on any atom is 0.338 e. The SMILES string of the molecule is CCOc1cc(C)c(-c2cn3ccccc3c2C(=O)O)cc1OCC. The summed E-state index contributed by atoms with van der Waals surface area (Å²) in [6.45, 7) is 6.82. The fourth-order valence-corrected chi connectivity index (χ4v) is 3.04. The maximum atomic E-state index is 11.9. The van der Waals surface area contributed by atoms with Crippen molar-refractivity contribution in [2.45, 2.75) is 20.8 Å². The van der Waals surface area contributed by atoms with Crippen molar-refractivity contribution in [2.75, 3.05) is 13.2 Å². The quantitative estimate of drug-likeness (QED) is 0.722. The molecule has 0 amide bonds. The van der Waals surface area contributed by atoms with Crippen LogP contribution in [0.2, 0.25) is 0 Å². The molecule has 0 radical (unpaired) electrons. The number of pyridine rings is 1. The molecule has 0 saturated carbocycles. The van der Waals surface area contributed by atoms with Gasteiger partial charge >= 0.3 is 5.97 Å². The van der Waals surface area contributed by atoms with Crippen molar-refractivity contribution >= 4 is 11.5 Å². The molecule has 3 rings (SSSR count). The Labute approximate surface area is 146 Å². The van der Waals surface area contributed by atoms with Gasteiger partial charge in [-0.1, -0.05) is 6.07 Å². The standard InChI is InChI=1S/C20H21NO4/c1-4-24-17-10-13(3)14(11-18(17)25-5-2)15-12-21-9-7-6-8-16(21)19(15)20(22)23/h6-12H,4-5H2,1-3H3,(H,22,23). The number of hydrogen-bond donors (Lipinski definition) is 1. The smallest absolute Gasteiger partial charge is 0.338 e. The van der Waals surface area contributed by atoms with Gasteiger partial charge in [0.1, 0.15) is 0 Å². The Morgan fingerprint density at radius 1 is 1.08 bits per heavy atom. The zero-order valence-electron chi connectivity index (χ0n) is 14.6. The van der Waals surface area contributed by atoms with Crippen molar-refractivity contribution in [3.05, 3.63) is 53.9 Å². The Morgan fingerprint density at radius 2 is 1.76 bits per heavy atom. The van der Waals surface area contributed by atoms with E-state index in [-0.39, 0.29) is 5.56 Å². The first-order valence-electron chi connectivity index (χ1n) is 8.30. The summed E-state index contributed by atoms with van der Waals surface area (Å²) in [7, 11) is 0. The molecule has 1 N–H and O–H groups in total. The summed E-state index contributed by atoms with van der Waals surface area (Å²) in [4.78, 5) is 11.9. The van der Waals surface area contributed by atoms with Gasteiger partial charge in [-0.05, 0) is 56.2 Å². The van der Waals surface area contributed by atoms with E-state index in [1.54, 1.807) is 6.07 Å². The number of carboxylic acid groups (broad SMARTS) is 1. The minimum atomic E-state index is -0.949. The number of fused-ring (bicyclic) bond motifs is 1. The van der Waals surface area contributed by atoms with Crippen LogP contribution in [0.1, 0.15) is 29.8 Å². The van der Waals surface area contributed by atoms with Crippen LogP contribution < -0.4 is 9.47 Å². The number of carbonyl (C=O) groups is 1. The van der Waals surface area contributed by atoms with Gasteiger partial charge in [0.15, 0.2) is 11.5 Å². The summed E-state index contributed by atoms with van der Waals surface area (Å²) in [5.41, 5.74) is 3.38. The minimum absolute atomic E-state index is 0.287. The summed E-state index contributed by atoms with van der Waals surface area (Å²) >= 11 is 0. The van der Waals surface area contributed by atoms with E-state index in [0.29, 0.717) is 35.8 Å². The van der Waals surface area contributed by atoms with E-state index in [1.165, 1.54) is 0 Å². The molecule has 0 bridgehead atoms. The highest BCUT2D eigenvalue weighted by molar-refractivity contribution is 6.04. The molecule has 0 aliphatic heterocycles. The molecule has 25 heavy (non-hydrogen) atoms. The normalized spacial score (nSPS) is 10.8. The highest BCUT2D eigenvalue weighted by Crippen LogP contribution is 2.38. The first kappa shape index (κ1) is 16.9. The first-order chi connectivity index (χ1) is 12.1. The molecule has 0 fully saturated rings. The van der Waals surface area contributed by atoms with Crippen LogP contribution >= 0.6 is 0 Å². The summed E-state index contributed by atoms with van der Waals surface area (Å²) in [6.07, 6.45) is 3.69. The molecule has 0 unspecified atom stereocenters. The molecule has 0 saturated heterocycles. The predicted molar refractivity (Wildman–Crippen MR) is 96.9 cm³/mol. The van der Waals surface area contributed by atoms with E-state index < -0.39 is 5.97 Å². The third kappa shape index (κ3) is 3.05. The molecule has 2 aromatic heterocycles. The monoisotopic (exact) mass is 339 g/mol. The lowest BCUT2D eigenvalue weighted by Crippen LogP contribution is -2.01. The number of ether oxygens (including phenoxy) is 2. The topological polar surface area (TPSA) is 60.2 Å². The predicted octanol–water partition coefficient (Wildman–Crippen LogP) is 4.41. The van der Waals surface area contributed by atoms with Crippen LogP contribution in [-0.2, 0) is 0 Å². The number of aromatic carboxylic acids is 1. The van der Waals surface area contributed by atoms with Gasteiger partial charge in [-0.15, -0.1) is 0 Å². The average molecular weight is 339 g/mol. The molecule has 0 aliphatic carbocycles. The van der Waals surface area contributed by atoms with Crippen molar-refractivity contribution in [2.24, 2.45) is 0 Å². The average Bonchev–Trinajstić information content (AvgIpc) is 2.97. The van der Waals surface area contributed by atoms with Gasteiger partial charge in [-0.2, -0.15) is 0 Å². The summed E-state index contributed by atoms with van der Waals surface area (Å²) in [6, 6.07) is 9.28. The highest BCUT2D eigenvalue weighted by Gasteiger charge is 2.21. The first-order valence-corrected chi connectivity index (χ1v) is 8.30. The van der Waals surface area contributed by atoms with Crippen molar-refractivity contribution < 1.29 is 19.4 Å². The van der Waals surface area contributed by atoms with Crippen molar-refractivity contribution in [3.8, 4) is 22.6 Å². The van der Waals surface area contributed by atoms with Crippen LogP contribution in [0.5, 0.6) is 11.5 Å². The molecule has 130 valence electrons. The lowest BCUT2D eigenvalue weighted by Gasteiger charge is -2.15. The molecule has 5 nitrogen and oxygen atoms in total. The number of aryl methyl sites for hydroxylation is 1. The number of rotatable bonds is 6. The number of carboxylic acids is 1. The molecule has 0 aliphatic rings. The van der Waals surface area contributed by atoms with Crippen LogP contribution in [0.3, 0.4) is 0 Å². The van der Waals surface area contributed by atoms with Crippen LogP contribution in [0.4, 0.5) is 0 Å². The van der Waals surface area contributed by atoms with Gasteiger partial charge in [0.2, 0.25) is 0 Å². The van der Waals surface area contributed by atoms with Crippen LogP contribution in [0.15, 0.2) is 42.7 Å². The zero-order chi connectivity index (χ0) is 18.0. The fraction of sp³-hybridized carbons (Fsp3) is 0.250. The maximum absolute atomic E-state index is 11.9. The number of aromatic nitrogens is 1. The second kappa shape index (κ2) is 6.89. The second-order valence-electron chi connectivity index (χ2n) is 5.70. The van der Waals surface area contributed by atoms with Crippen LogP contribution in [-0.4, -0.2) is 28.7 Å². The third-order valence-electron chi connectivity index (χ3n) is 4.08. The van der Waals surface area contributed by atoms with E-state index in [2.05, 4.69) is 0 Å². The molecule has 3 aromatic rings. The lowest BCUT2D eigenvalue weighted by molar-refractivity contribution is 0.0700. The highest BCUT2D eigenvalue weighted by atomic mass is 16.5. The Hall–Kier alpha value is -2.95. The van der Waals surface area contributed by atoms with E-state index in [0.717, 1.165) is 11.1 Å². The van der Waals surface area contributed by atoms with Crippen molar-refractivity contribution in [1.29, 1.82) is 0 Å². The largest absolute Gasteiger partial charge is 0.490 e. The van der Waals surface area contributed by atoms with Crippen LogP contribution in [0.25, 0.3) is 16.6 Å². The van der Waals surface area contributed by atoms with Crippen molar-refractivity contribution in [3.63, 3.8) is 0 Å². The van der Waals surface area contributed by atoms with Gasteiger partial charge in [0, 0.05) is 18.0 Å². The van der Waals surface area contributed by atoms with E-state index in [9.17, 15) is 9.90 Å². The Morgan fingerprint density at radius 3 is 2.40 bits per heavy atom. The Balaban J connectivity index is 2.25. The summed E-state index contributed by atoms with van der Waals surface area (Å²) < 4.78 is 13.2. The summed E-state index contributed by atoms with van der Waals surface area (Å²) in [5, 5.41) is 9.75. The fourth-order valence-electron chi connectivity index (χ4n) is 3.04. The number of benzene rings is 1. The van der Waals surface area contributed by atoms with Crippen LogP contribution in [0, 0.1) is 6.92 Å².